The van der Waals surface area contributed by atoms with Gasteiger partial charge in [0.15, 0.2) is 43.5 Å². The van der Waals surface area contributed by atoms with Crippen molar-refractivity contribution in [2.24, 2.45) is 38.8 Å². The van der Waals surface area contributed by atoms with Crippen molar-refractivity contribution < 1.29 is 89.0 Å². The molecule has 8 aliphatic rings. The van der Waals surface area contributed by atoms with E-state index in [-0.39, 0.29) is 117 Å². The predicted molar refractivity (Wildman–Crippen MR) is 488 cm³/mol. The molecule has 4 fully saturated rings. The third-order valence-corrected chi connectivity index (χ3v) is 38.5. The van der Waals surface area contributed by atoms with Crippen LogP contribution < -0.4 is 0 Å². The normalized spacial score (nSPS) is 21.4. The van der Waals surface area contributed by atoms with E-state index in [4.69, 9.17) is 55.3 Å². The molecule has 4 aliphatic heterocycles. The topological polar surface area (TPSA) is 426 Å². The molecule has 712 valence electrons. The molecule has 7 aromatic rings. The first-order chi connectivity index (χ1) is 64.3. The molecule has 0 bridgehead atoms. The van der Waals surface area contributed by atoms with E-state index in [1.807, 2.05) is 34.6 Å². The molecule has 3 N–H and O–H groups in total. The number of unbranched alkanes of at least 4 members (excludes halogenated alkanes) is 3. The Hall–Kier alpha value is -12.1. The number of nitrogens with one attached hydrogen (secondary N) is 3. The molecule has 10 atom stereocenters. The number of aromatic amines is 3. The van der Waals surface area contributed by atoms with Crippen LogP contribution >= 0.6 is 0 Å². The number of amides is 1. The van der Waals surface area contributed by atoms with E-state index in [0.29, 0.717) is 144 Å². The third kappa shape index (κ3) is 24.9. The number of ether oxygens (including phenoxy) is 9. The van der Waals surface area contributed by atoms with E-state index in [0.717, 1.165) is 34.2 Å². The summed E-state index contributed by atoms with van der Waals surface area (Å²) in [6, 6.07) is 14.8. The molecule has 0 radical (unpaired) electrons. The minimum atomic E-state index is -2.45. The second-order valence-corrected chi connectivity index (χ2v) is 46.7. The van der Waals surface area contributed by atoms with E-state index in [2.05, 4.69) is 133 Å². The molecule has 4 aromatic carbocycles. The molecule has 4 saturated heterocycles. The molecule has 3 aromatic heterocycles. The van der Waals surface area contributed by atoms with Gasteiger partial charge in [0.2, 0.25) is 17.5 Å². The number of esters is 1. The number of rotatable bonds is 32. The van der Waals surface area contributed by atoms with Crippen molar-refractivity contribution in [1.82, 2.24) is 61.9 Å². The number of benzene rings is 4. The number of halogens is 4. The number of aryl methyl sites for hydroxylation is 4. The average molecular weight is 1960 g/mol. The maximum atomic E-state index is 14.9. The van der Waals surface area contributed by atoms with Crippen molar-refractivity contribution in [1.29, 1.82) is 5.26 Å². The predicted octanol–water partition coefficient (Wildman–Crippen LogP) is 18.7. The number of nitrogens with zero attached hydrogens (tertiary/aromatic N) is 14. The Morgan fingerprint density at radius 1 is 0.567 bits per heavy atom. The van der Waals surface area contributed by atoms with Crippen LogP contribution in [0.15, 0.2) is 137 Å². The van der Waals surface area contributed by atoms with E-state index in [1.165, 1.54) is 106 Å². The SMILES string of the molecule is C=CCOC(=O)[C@@H]1C[C@]2([C@@H](C)Cc3cc(-c4nn[nH]n4)c(C)cc3F)OCOC2=CC1=O.C=CC[C@H]1C[C@]2([C@@H](C)Cc3cc(-c4nn[nH]n4)c(C)cc3F)OCCC2=CC1=O.CCC[CH2][Sn]([CH2]CCC)([CH2]CCC)[N]=[N+]=[N-].Cc1cc(F)c(C[C@H](C)[C@]23CCC(=O)C=C2OCO3)cc1-c1nn[nH]n1.Cc1cc(F)c(C[C@H](C)[C@]23CCC(=O)C=C2OCO3)cc1C#N.[C-]#[N+]C(=O)OCC=C. The van der Waals surface area contributed by atoms with Crippen LogP contribution in [0.4, 0.5) is 22.4 Å². The second-order valence-electron chi connectivity index (χ2n) is 34.9. The molecule has 0 unspecified atom stereocenters. The van der Waals surface area contributed by atoms with E-state index in [1.54, 1.807) is 50.3 Å². The van der Waals surface area contributed by atoms with Gasteiger partial charge in [-0.3, -0.25) is 28.8 Å². The van der Waals surface area contributed by atoms with Gasteiger partial charge in [0.1, 0.15) is 76.4 Å². The summed E-state index contributed by atoms with van der Waals surface area (Å²) in [6.45, 7) is 39.3. The number of ketones is 4. The van der Waals surface area contributed by atoms with Crippen LogP contribution in [0.3, 0.4) is 0 Å². The van der Waals surface area contributed by atoms with Crippen LogP contribution in [0.1, 0.15) is 188 Å². The van der Waals surface area contributed by atoms with Gasteiger partial charge < -0.3 is 42.6 Å². The van der Waals surface area contributed by atoms with Crippen molar-refractivity contribution in [3.8, 4) is 40.2 Å². The van der Waals surface area contributed by atoms with Gasteiger partial charge in [-0.05, 0) is 229 Å². The zero-order valence-corrected chi connectivity index (χ0v) is 80.6. The molecule has 1 amide bonds. The Balaban J connectivity index is 0.000000172. The fourth-order valence-corrected chi connectivity index (χ4v) is 30.7. The summed E-state index contributed by atoms with van der Waals surface area (Å²) in [5.74, 6) is -0.979. The minimum absolute atomic E-state index is 0.00647. The maximum absolute atomic E-state index is 14.9. The van der Waals surface area contributed by atoms with E-state index < -0.39 is 64.8 Å². The van der Waals surface area contributed by atoms with Gasteiger partial charge in [0, 0.05) is 60.1 Å². The Labute approximate surface area is 781 Å². The molecule has 37 heteroatoms. The van der Waals surface area contributed by atoms with E-state index in [9.17, 15) is 46.3 Å². The summed E-state index contributed by atoms with van der Waals surface area (Å²) >= 11 is -2.45. The molecular formula is C97H117F4N17O15Sn. The number of allylic oxidation sites excluding steroid dienone is 5. The number of azide groups is 1. The second kappa shape index (κ2) is 48.2. The fourth-order valence-electron chi connectivity index (χ4n) is 18.5. The quantitative estimate of drug-likeness (QED) is 0.00406. The number of H-pyrrole nitrogens is 3. The molecule has 4 aliphatic carbocycles. The Morgan fingerprint density at radius 2 is 0.978 bits per heavy atom. The van der Waals surface area contributed by atoms with Crippen LogP contribution in [-0.4, -0.2) is 178 Å². The van der Waals surface area contributed by atoms with Crippen LogP contribution in [0.5, 0.6) is 0 Å². The van der Waals surface area contributed by atoms with Gasteiger partial charge in [-0.2, -0.15) is 25.7 Å². The van der Waals surface area contributed by atoms with Crippen molar-refractivity contribution in [2.45, 2.75) is 227 Å². The van der Waals surface area contributed by atoms with Gasteiger partial charge in [0.25, 0.3) is 0 Å². The Morgan fingerprint density at radius 3 is 1.38 bits per heavy atom. The summed E-state index contributed by atoms with van der Waals surface area (Å²) in [5.41, 5.74) is 14.4. The number of tetrazole rings is 3. The molecule has 32 nitrogen and oxygen atoms in total. The number of hydrogen-bond donors (Lipinski definition) is 3. The summed E-state index contributed by atoms with van der Waals surface area (Å²) < 4.78 is 116. The number of hydrogen-bond acceptors (Lipinski definition) is 26. The molecular weight excluding hydrogens is 1840 g/mol. The minimum Gasteiger partial charge on any atom is -0.482 e. The summed E-state index contributed by atoms with van der Waals surface area (Å²) in [4.78, 5) is 76.3. The smallest absolute Gasteiger partial charge is 0.482 e. The van der Waals surface area contributed by atoms with Crippen LogP contribution in [-0.2, 0) is 92.3 Å². The van der Waals surface area contributed by atoms with Gasteiger partial charge >= 0.3 is 117 Å². The number of carbonyl (C=O) groups excluding carboxylic acids is 6. The molecule has 15 rings (SSSR count). The van der Waals surface area contributed by atoms with Crippen molar-refractivity contribution in [3.05, 3.63) is 229 Å². The fraction of sp³-hybridized carbons (Fsp3) is 0.495. The van der Waals surface area contributed by atoms with Crippen molar-refractivity contribution >= 4 is 53.8 Å². The van der Waals surface area contributed by atoms with Crippen molar-refractivity contribution in [2.75, 3.05) is 40.2 Å². The first-order valence-electron chi connectivity index (χ1n) is 45.1. The Kier molecular flexibility index (Phi) is 37.4. The summed E-state index contributed by atoms with van der Waals surface area (Å²) in [7, 11) is 0. The number of carbonyl (C=O) groups is 6. The van der Waals surface area contributed by atoms with E-state index >= 15 is 0 Å². The molecule has 0 spiro atoms. The zero-order valence-electron chi connectivity index (χ0n) is 77.7. The zero-order chi connectivity index (χ0) is 97.1. The Bertz CT molecular complexity index is 5630. The maximum Gasteiger partial charge on any atom is 0.561 e. The largest absolute Gasteiger partial charge is 0.561 e. The molecule has 0 saturated carbocycles. The van der Waals surface area contributed by atoms with Crippen LogP contribution in [0, 0.1) is 104 Å². The van der Waals surface area contributed by atoms with Gasteiger partial charge in [0.05, 0.1) is 30.4 Å². The van der Waals surface area contributed by atoms with Crippen LogP contribution in [0.2, 0.25) is 13.3 Å². The standard InChI is InChI=1S/C22H23FN4O5.C22H25FN4O2.C18H19FN4O3.C18H18FNO3.C5H5NO2.3C4H9.N3.Sn/c1-4-5-30-21(29)16-10-22(19(9-18(16)28)31-11-32-22)13(3)7-14-8-15(12(2)6-17(14)23)20-24-26-27-25-20;1-4-5-15-12-22(17(6-7-29-22)11-20(15)28)14(3)9-16-10-18(13(2)8-19(16)23)21-24-26-27-25-21;1-10-5-15(19)12(7-14(10)17-20-22-23-21-17)6-11(2)18-4-3-13(24)8-16(18)25-9-26-18;1-11-5-16(19)13(7-14(11)9-20)6-12(2)18-4-3-15(21)8-17(18)22-10-23-18;1-3-4-8-5(7)6-2;3*1-3-4-2;1-3-2;/h4,6,8-9,13,16H,1,5,7,10-11H2,2-3H3,(H,24,25,26,27);4,8,10-11,14-15H,1,5-7,9,12H2,2-3H3,(H,24,25,26,27);5,7-8,11H,3-4,6,9H2,1-2H3,(H,20,21,22,23);5,7-8,12H,3-4,6,10H2,1-2H3;3H,1,4H2;3*1,3-4H2,2H3;;/q;;;;;;;;-1;+1/t13-,16+,22+;14-,15-,22+;11-,18+;12-,18+;;;;;;/m0000....../s1. The van der Waals surface area contributed by atoms with Crippen molar-refractivity contribution in [3.63, 3.8) is 0 Å². The first kappa shape index (κ1) is 104. The average Bonchev–Trinajstić information content (AvgIpc) is 1.63. The van der Waals surface area contributed by atoms with Gasteiger partial charge in [-0.25, -0.2) is 17.6 Å². The number of nitriles is 1. The summed E-state index contributed by atoms with van der Waals surface area (Å²) in [5, 5.41) is 51.1. The first-order valence-corrected chi connectivity index (χ1v) is 52.5. The molecule has 134 heavy (non-hydrogen) atoms. The number of aromatic nitrogens is 12. The van der Waals surface area contributed by atoms with Gasteiger partial charge in [-0.15, -0.1) is 37.2 Å². The third-order valence-electron chi connectivity index (χ3n) is 26.1. The summed E-state index contributed by atoms with van der Waals surface area (Å²) in [6.07, 6.45) is 22.9. The number of fused-ring (bicyclic) bond motifs is 4. The molecule has 7 heterocycles. The van der Waals surface area contributed by atoms with Gasteiger partial charge in [-0.1, -0.05) is 59.1 Å². The monoisotopic (exact) mass is 1960 g/mol. The van der Waals surface area contributed by atoms with Crippen LogP contribution in [0.25, 0.3) is 49.5 Å².